The van der Waals surface area contributed by atoms with E-state index >= 15 is 0 Å². The Hall–Kier alpha value is -14.7. The standard InChI is InChI=1S/C51H33N5.C47H31N5/c1-4-16-34(17-5-1)49-52-50(35-18-6-2-7-19-35)54-51(53-49)36-28-30-38(31-29-36)56-45-26-14-12-24-41(45)39-22-10-11-23-40(39)43-32-44-42-25-13-15-27-46(42)55(48(44)33-47(43)56)37-20-8-3-9-21-37;1-4-15-33(16-5-1)45-48-46(34-17-6-2-7-18-34)50-47(49-45)35-26-28-38(29-27-35)51-41-22-12-10-14-32(41)24-25-36-30-44-40(31-43(36)51)39-21-11-13-23-42(39)52(44)37-19-8-3-9-20-37/h1-33H;1-31H. The first kappa shape index (κ1) is 63.0. The van der Waals surface area contributed by atoms with Gasteiger partial charge >= 0.3 is 0 Å². The molecule has 0 N–H and O–H groups in total. The molecule has 0 amide bonds. The number of benzene rings is 15. The van der Waals surface area contributed by atoms with Crippen LogP contribution in [0.15, 0.2) is 376 Å². The highest BCUT2D eigenvalue weighted by Crippen LogP contribution is 2.53. The van der Waals surface area contributed by atoms with E-state index in [1.54, 1.807) is 0 Å². The van der Waals surface area contributed by atoms with Gasteiger partial charge in [-0.2, -0.15) is 0 Å². The minimum Gasteiger partial charge on any atom is -0.309 e. The predicted octanol–water partition coefficient (Wildman–Crippen LogP) is 25.0. The molecule has 0 radical (unpaired) electrons. The van der Waals surface area contributed by atoms with Gasteiger partial charge in [0.15, 0.2) is 34.9 Å². The van der Waals surface area contributed by atoms with E-state index in [4.69, 9.17) is 29.9 Å². The van der Waals surface area contributed by atoms with Gasteiger partial charge in [0.1, 0.15) is 0 Å². The van der Waals surface area contributed by atoms with Crippen molar-refractivity contribution in [2.75, 3.05) is 9.80 Å². The number of anilines is 6. The number of para-hydroxylation sites is 6. The maximum absolute atomic E-state index is 5.01. The predicted molar refractivity (Wildman–Crippen MR) is 444 cm³/mol. The van der Waals surface area contributed by atoms with Gasteiger partial charge in [-0.05, 0) is 138 Å². The quantitative estimate of drug-likeness (QED) is 0.134. The van der Waals surface area contributed by atoms with Crippen molar-refractivity contribution in [3.8, 4) is 102 Å². The van der Waals surface area contributed by atoms with Crippen LogP contribution in [0.3, 0.4) is 0 Å². The fraction of sp³-hybridized carbons (Fsp3) is 0. The SMILES string of the molecule is C1=Cc2cc3c(cc2N(c2ccc(-c4nc(-c5ccccc5)nc(-c5ccccc5)n4)cc2)c2ccccc21)c1ccccc1n3-c1ccccc1.c1ccc(-c2nc(-c3ccccc3)nc(-c3ccc(N4c5ccccc5-c5ccccc5-c5cc6c7ccccc7n(-c7ccccc7)c6cc54)cc3)n2)cc1. The van der Waals surface area contributed by atoms with Gasteiger partial charge in [0.05, 0.1) is 44.8 Å². The van der Waals surface area contributed by atoms with E-state index in [1.807, 2.05) is 121 Å². The van der Waals surface area contributed by atoms with Crippen molar-refractivity contribution in [1.82, 2.24) is 39.0 Å². The molecule has 506 valence electrons. The number of hydrogen-bond donors (Lipinski definition) is 0. The van der Waals surface area contributed by atoms with E-state index in [0.29, 0.717) is 34.9 Å². The summed E-state index contributed by atoms with van der Waals surface area (Å²) in [5, 5.41) is 4.88. The molecule has 0 bridgehead atoms. The monoisotopic (exact) mass is 1380 g/mol. The van der Waals surface area contributed by atoms with Crippen molar-refractivity contribution in [3.63, 3.8) is 0 Å². The van der Waals surface area contributed by atoms with Crippen LogP contribution < -0.4 is 9.80 Å². The molecule has 15 aromatic carbocycles. The Morgan fingerprint density at radius 1 is 0.176 bits per heavy atom. The third-order valence-electron chi connectivity index (χ3n) is 20.6. The number of nitrogens with zero attached hydrogens (tertiary/aromatic N) is 10. The number of hydrogen-bond acceptors (Lipinski definition) is 8. The number of fused-ring (bicyclic) bond motifs is 13. The third kappa shape index (κ3) is 11.2. The minimum atomic E-state index is 0.627. The van der Waals surface area contributed by atoms with Gasteiger partial charge in [-0.3, -0.25) is 0 Å². The Bertz CT molecular complexity index is 6530. The Labute approximate surface area is 624 Å². The Balaban J connectivity index is 0.000000143. The van der Waals surface area contributed by atoms with Crippen LogP contribution in [0.5, 0.6) is 0 Å². The normalized spacial score (nSPS) is 12.0. The summed E-state index contributed by atoms with van der Waals surface area (Å²) in [5.41, 5.74) is 26.2. The molecule has 6 heterocycles. The van der Waals surface area contributed by atoms with E-state index in [1.165, 1.54) is 60.3 Å². The van der Waals surface area contributed by atoms with Crippen LogP contribution in [0.1, 0.15) is 11.1 Å². The van der Waals surface area contributed by atoms with Crippen molar-refractivity contribution in [2.24, 2.45) is 0 Å². The maximum atomic E-state index is 5.01. The zero-order valence-corrected chi connectivity index (χ0v) is 58.4. The molecule has 0 fully saturated rings. The summed E-state index contributed by atoms with van der Waals surface area (Å²) in [7, 11) is 0. The molecule has 0 spiro atoms. The van der Waals surface area contributed by atoms with Crippen LogP contribution in [0.2, 0.25) is 0 Å². The van der Waals surface area contributed by atoms with Gasteiger partial charge in [0.25, 0.3) is 0 Å². The fourth-order valence-electron chi connectivity index (χ4n) is 15.5. The molecule has 19 aromatic rings. The highest BCUT2D eigenvalue weighted by Gasteiger charge is 2.30. The van der Waals surface area contributed by atoms with E-state index in [-0.39, 0.29) is 0 Å². The van der Waals surface area contributed by atoms with Gasteiger partial charge in [-0.25, -0.2) is 29.9 Å². The molecule has 2 aliphatic heterocycles. The lowest BCUT2D eigenvalue weighted by molar-refractivity contribution is 1.07. The molecule has 2 aliphatic rings. The van der Waals surface area contributed by atoms with E-state index in [2.05, 4.69) is 286 Å². The average Bonchev–Trinajstić information content (AvgIpc) is 1.56. The highest BCUT2D eigenvalue weighted by atomic mass is 15.2. The molecule has 0 aliphatic carbocycles. The van der Waals surface area contributed by atoms with Crippen molar-refractivity contribution < 1.29 is 0 Å². The fourth-order valence-corrected chi connectivity index (χ4v) is 15.5. The lowest BCUT2D eigenvalue weighted by Crippen LogP contribution is -2.12. The summed E-state index contributed by atoms with van der Waals surface area (Å²) < 4.78 is 4.77. The van der Waals surface area contributed by atoms with Gasteiger partial charge < -0.3 is 18.9 Å². The van der Waals surface area contributed by atoms with Gasteiger partial charge in [0.2, 0.25) is 0 Å². The summed E-state index contributed by atoms with van der Waals surface area (Å²) in [6.07, 6.45) is 4.47. The smallest absolute Gasteiger partial charge is 0.164 e. The summed E-state index contributed by atoms with van der Waals surface area (Å²) in [4.78, 5) is 34.5. The van der Waals surface area contributed by atoms with Crippen LogP contribution in [0.4, 0.5) is 34.1 Å². The van der Waals surface area contributed by atoms with E-state index in [9.17, 15) is 0 Å². The van der Waals surface area contributed by atoms with Crippen LogP contribution in [-0.4, -0.2) is 39.0 Å². The lowest BCUT2D eigenvalue weighted by atomic mass is 9.94. The highest BCUT2D eigenvalue weighted by molar-refractivity contribution is 6.16. The molecule has 0 atom stereocenters. The first-order valence-corrected chi connectivity index (χ1v) is 36.3. The Kier molecular flexibility index (Phi) is 15.6. The molecular weight excluding hydrogens is 1320 g/mol. The zero-order chi connectivity index (χ0) is 71.4. The molecule has 10 nitrogen and oxygen atoms in total. The topological polar surface area (TPSA) is 93.7 Å². The van der Waals surface area contributed by atoms with Gasteiger partial charge in [0, 0.05) is 94.4 Å². The lowest BCUT2D eigenvalue weighted by Gasteiger charge is -2.28. The first-order chi connectivity index (χ1) is 53.6. The molecule has 108 heavy (non-hydrogen) atoms. The van der Waals surface area contributed by atoms with Gasteiger partial charge in [-0.15, -0.1) is 0 Å². The van der Waals surface area contributed by atoms with Crippen molar-refractivity contribution in [1.29, 1.82) is 0 Å². The molecule has 0 saturated carbocycles. The van der Waals surface area contributed by atoms with Crippen molar-refractivity contribution in [2.45, 2.75) is 0 Å². The summed E-state index contributed by atoms with van der Waals surface area (Å²) in [5.74, 6) is 3.84. The van der Waals surface area contributed by atoms with Crippen LogP contribution in [-0.2, 0) is 0 Å². The minimum absolute atomic E-state index is 0.627. The van der Waals surface area contributed by atoms with Crippen molar-refractivity contribution in [3.05, 3.63) is 387 Å². The molecule has 10 heteroatoms. The second-order valence-electron chi connectivity index (χ2n) is 27.0. The Morgan fingerprint density at radius 2 is 0.509 bits per heavy atom. The second-order valence-corrected chi connectivity index (χ2v) is 27.0. The average molecular weight is 1380 g/mol. The molecule has 0 saturated heterocycles. The second kappa shape index (κ2) is 26.8. The largest absolute Gasteiger partial charge is 0.309 e. The molecule has 0 unspecified atom stereocenters. The van der Waals surface area contributed by atoms with Crippen LogP contribution in [0.25, 0.3) is 158 Å². The third-order valence-corrected chi connectivity index (χ3v) is 20.6. The Morgan fingerprint density at radius 3 is 0.972 bits per heavy atom. The molecular formula is C98H64N10. The number of aromatic nitrogens is 8. The maximum Gasteiger partial charge on any atom is 0.164 e. The van der Waals surface area contributed by atoms with Crippen LogP contribution >= 0.6 is 0 Å². The van der Waals surface area contributed by atoms with E-state index < -0.39 is 0 Å². The molecule has 4 aromatic heterocycles. The zero-order valence-electron chi connectivity index (χ0n) is 58.4. The first-order valence-electron chi connectivity index (χ1n) is 36.3. The summed E-state index contributed by atoms with van der Waals surface area (Å²) >= 11 is 0. The summed E-state index contributed by atoms with van der Waals surface area (Å²) in [6, 6.07) is 132. The van der Waals surface area contributed by atoms with E-state index in [0.717, 1.165) is 95.5 Å². The number of rotatable bonds is 10. The van der Waals surface area contributed by atoms with Crippen molar-refractivity contribution >= 4 is 89.9 Å². The molecule has 21 rings (SSSR count). The van der Waals surface area contributed by atoms with Gasteiger partial charge in [-0.1, -0.05) is 267 Å². The van der Waals surface area contributed by atoms with Crippen LogP contribution in [0, 0.1) is 0 Å². The summed E-state index contributed by atoms with van der Waals surface area (Å²) in [6.45, 7) is 0.